The van der Waals surface area contributed by atoms with Crippen molar-refractivity contribution in [1.29, 1.82) is 0 Å². The summed E-state index contributed by atoms with van der Waals surface area (Å²) < 4.78 is 32.6. The number of hydrogen-bond acceptors (Lipinski definition) is 9. The number of aliphatic carboxylic acids is 1. The average molecular weight is 837 g/mol. The number of carboxylic acid groups (broad SMARTS) is 1. The standard InChI is InChI=1S/C24H20N4O4S.C21H24N6O/c1-15-6-8-19(9-7-15)33(31,32)28-21(17-5-3-4-16(10-17)11-22(29)30)12-20-23-18(13-25-24(20)28)14-26-27(23)2;1-26(2)8-7-22-19(28)10-14-5-4-6-15(9-14)18-11-17-20-16(13-24-27(20)3)12-23-21(17)25-18/h3-10,12-14H,11H2,1-2H3,(H,29,30);4-6,9,11-13,24H,7-8,10H2,1-3H3,(H,22,28). The largest absolute Gasteiger partial charge is 0.481 e. The van der Waals surface area contributed by atoms with Gasteiger partial charge in [-0.25, -0.2) is 27.3 Å². The lowest BCUT2D eigenvalue weighted by Crippen LogP contribution is -2.32. The second-order valence-electron chi connectivity index (χ2n) is 15.3. The number of aromatic nitrogens is 8. The highest BCUT2D eigenvalue weighted by Gasteiger charge is 2.27. The molecule has 61 heavy (non-hydrogen) atoms. The maximum atomic E-state index is 13.8. The Kier molecular flexibility index (Phi) is 11.0. The predicted octanol–water partition coefficient (Wildman–Crippen LogP) is 6.10. The van der Waals surface area contributed by atoms with Crippen LogP contribution in [-0.4, -0.2) is 96.0 Å². The fraction of sp³-hybridized carbons (Fsp3) is 0.200. The highest BCUT2D eigenvalue weighted by atomic mass is 32.2. The van der Waals surface area contributed by atoms with Crippen LogP contribution < -0.4 is 5.32 Å². The summed E-state index contributed by atoms with van der Waals surface area (Å²) in [6, 6.07) is 25.4. The fourth-order valence-corrected chi connectivity index (χ4v) is 8.94. The Labute approximate surface area is 351 Å². The molecule has 0 unspecified atom stereocenters. The Bertz CT molecular complexity index is 3210. The number of amides is 1. The summed E-state index contributed by atoms with van der Waals surface area (Å²) in [5.41, 5.74) is 8.18. The Balaban J connectivity index is 0.000000171. The van der Waals surface area contributed by atoms with Gasteiger partial charge in [0.1, 0.15) is 0 Å². The number of likely N-dealkylation sites (N-methyl/N-ethyl adjacent to an activating group) is 1. The third-order valence-corrected chi connectivity index (χ3v) is 12.2. The number of fused-ring (bicyclic) bond motifs is 6. The number of carbonyl (C=O) groups excluding carboxylic acids is 1. The van der Waals surface area contributed by atoms with Gasteiger partial charge in [-0.15, -0.1) is 0 Å². The first-order chi connectivity index (χ1) is 29.3. The number of H-pyrrole nitrogens is 1. The van der Waals surface area contributed by atoms with Crippen molar-refractivity contribution < 1.29 is 23.1 Å². The Morgan fingerprint density at radius 1 is 0.820 bits per heavy atom. The van der Waals surface area contributed by atoms with Gasteiger partial charge in [0.15, 0.2) is 11.3 Å². The number of hydrogen-bond donors (Lipinski definition) is 3. The minimum absolute atomic E-state index is 0.0300. The first kappa shape index (κ1) is 40.6. The number of aryl methyl sites for hydroxylation is 3. The molecule has 1 amide bonds. The van der Waals surface area contributed by atoms with Crippen LogP contribution >= 0.6 is 0 Å². The van der Waals surface area contributed by atoms with Crippen molar-refractivity contribution in [2.45, 2.75) is 24.7 Å². The zero-order chi connectivity index (χ0) is 43.0. The molecule has 0 aliphatic rings. The van der Waals surface area contributed by atoms with E-state index >= 15 is 0 Å². The minimum Gasteiger partial charge on any atom is -0.481 e. The smallest absolute Gasteiger partial charge is 0.307 e. The molecule has 6 heterocycles. The van der Waals surface area contributed by atoms with Crippen LogP contribution in [0.4, 0.5) is 0 Å². The van der Waals surface area contributed by atoms with E-state index < -0.39 is 16.0 Å². The van der Waals surface area contributed by atoms with E-state index in [1.807, 2.05) is 74.3 Å². The molecule has 0 fully saturated rings. The summed E-state index contributed by atoms with van der Waals surface area (Å²) in [7, 11) is 3.74. The molecule has 6 aromatic heterocycles. The van der Waals surface area contributed by atoms with Crippen molar-refractivity contribution in [3.05, 3.63) is 126 Å². The van der Waals surface area contributed by atoms with Crippen LogP contribution in [0.1, 0.15) is 16.7 Å². The Morgan fingerprint density at radius 2 is 1.52 bits per heavy atom. The normalized spacial score (nSPS) is 11.8. The lowest BCUT2D eigenvalue weighted by molar-refractivity contribution is -0.136. The highest BCUT2D eigenvalue weighted by Crippen LogP contribution is 2.35. The zero-order valence-electron chi connectivity index (χ0n) is 34.3. The average Bonchev–Trinajstić information content (AvgIpc) is 4.02. The van der Waals surface area contributed by atoms with Crippen LogP contribution in [0.2, 0.25) is 0 Å². The highest BCUT2D eigenvalue weighted by molar-refractivity contribution is 7.90. The predicted molar refractivity (Wildman–Crippen MR) is 236 cm³/mol. The number of carboxylic acids is 1. The number of nitrogens with zero attached hydrogens (tertiary/aromatic N) is 8. The summed E-state index contributed by atoms with van der Waals surface area (Å²) in [5.74, 6) is -0.930. The van der Waals surface area contributed by atoms with Gasteiger partial charge in [-0.2, -0.15) is 5.10 Å². The molecule has 0 bridgehead atoms. The van der Waals surface area contributed by atoms with Gasteiger partial charge in [0.05, 0.1) is 46.4 Å². The number of rotatable bonds is 11. The maximum Gasteiger partial charge on any atom is 0.307 e. The van der Waals surface area contributed by atoms with E-state index in [0.717, 1.165) is 61.8 Å². The van der Waals surface area contributed by atoms with Crippen LogP contribution in [0.5, 0.6) is 0 Å². The number of carbonyl (C=O) groups is 2. The number of pyridine rings is 2. The van der Waals surface area contributed by atoms with Crippen LogP contribution in [-0.2, 0) is 46.5 Å². The van der Waals surface area contributed by atoms with Crippen LogP contribution in [0.25, 0.3) is 66.4 Å². The molecule has 9 rings (SSSR count). The van der Waals surface area contributed by atoms with Crippen LogP contribution in [0.3, 0.4) is 0 Å². The summed E-state index contributed by atoms with van der Waals surface area (Å²) in [4.78, 5) is 39.2. The van der Waals surface area contributed by atoms with Gasteiger partial charge in [0.25, 0.3) is 10.0 Å². The molecule has 3 aromatic carbocycles. The number of nitrogens with one attached hydrogen (secondary N) is 2. The molecular weight excluding hydrogens is 793 g/mol. The van der Waals surface area contributed by atoms with Crippen LogP contribution in [0.15, 0.2) is 115 Å². The molecule has 16 heteroatoms. The van der Waals surface area contributed by atoms with Crippen molar-refractivity contribution >= 4 is 65.8 Å². The quantitative estimate of drug-likeness (QED) is 0.138. The molecular formula is C45H44N10O5S. The monoisotopic (exact) mass is 836 g/mol. The first-order valence-electron chi connectivity index (χ1n) is 19.5. The summed E-state index contributed by atoms with van der Waals surface area (Å²) >= 11 is 0. The fourth-order valence-electron chi connectivity index (χ4n) is 7.46. The Hall–Kier alpha value is -7.17. The number of aromatic amines is 1. The lowest BCUT2D eigenvalue weighted by Gasteiger charge is -2.12. The number of benzene rings is 3. The maximum absolute atomic E-state index is 13.8. The third-order valence-electron chi connectivity index (χ3n) is 10.4. The van der Waals surface area contributed by atoms with Gasteiger partial charge >= 0.3 is 5.97 Å². The SMILES string of the molecule is CN(C)CCNC(=O)Cc1cccc(-c2cc3c(ncc4c[nH]n(C)c43)n2)c1.Cc1ccc(S(=O)(=O)n2c(-c3cccc(CC(=O)O)c3)cc3c4c(cnc32)cnn4C)cc1. The van der Waals surface area contributed by atoms with E-state index in [9.17, 15) is 23.1 Å². The molecule has 0 aliphatic heterocycles. The van der Waals surface area contributed by atoms with Crippen molar-refractivity contribution in [1.82, 2.24) is 48.7 Å². The summed E-state index contributed by atoms with van der Waals surface area (Å²) in [6.45, 7) is 3.37. The molecule has 0 saturated heterocycles. The molecule has 0 atom stereocenters. The lowest BCUT2D eigenvalue weighted by atomic mass is 10.1. The summed E-state index contributed by atoms with van der Waals surface area (Å²) in [5, 5.41) is 23.1. The first-order valence-corrected chi connectivity index (χ1v) is 21.0. The van der Waals surface area contributed by atoms with E-state index in [0.29, 0.717) is 35.2 Å². The van der Waals surface area contributed by atoms with E-state index in [1.165, 1.54) is 3.97 Å². The Morgan fingerprint density at radius 3 is 2.26 bits per heavy atom. The van der Waals surface area contributed by atoms with Crippen molar-refractivity contribution in [3.8, 4) is 22.5 Å². The van der Waals surface area contributed by atoms with Gasteiger partial charge in [0, 0.05) is 72.9 Å². The van der Waals surface area contributed by atoms with E-state index in [1.54, 1.807) is 78.7 Å². The van der Waals surface area contributed by atoms with Crippen LogP contribution in [0, 0.1) is 6.92 Å². The zero-order valence-corrected chi connectivity index (χ0v) is 35.1. The van der Waals surface area contributed by atoms with Gasteiger partial charge in [0.2, 0.25) is 5.91 Å². The van der Waals surface area contributed by atoms with Crippen molar-refractivity contribution in [3.63, 3.8) is 0 Å². The second-order valence-corrected chi connectivity index (χ2v) is 17.0. The minimum atomic E-state index is -4.01. The molecule has 310 valence electrons. The molecule has 0 aliphatic carbocycles. The molecule has 0 spiro atoms. The van der Waals surface area contributed by atoms with Gasteiger partial charge in [-0.05, 0) is 74.1 Å². The third kappa shape index (κ3) is 8.22. The van der Waals surface area contributed by atoms with Gasteiger partial charge in [-0.1, -0.05) is 54.1 Å². The molecule has 0 radical (unpaired) electrons. The molecule has 3 N–H and O–H groups in total. The molecule has 0 saturated carbocycles. The van der Waals surface area contributed by atoms with Gasteiger partial charge < -0.3 is 20.4 Å². The summed E-state index contributed by atoms with van der Waals surface area (Å²) in [6.07, 6.45) is 7.25. The topological polar surface area (TPSA) is 186 Å². The second kappa shape index (κ2) is 16.5. The molecule has 9 aromatic rings. The van der Waals surface area contributed by atoms with E-state index in [-0.39, 0.29) is 22.9 Å². The molecule has 15 nitrogen and oxygen atoms in total. The van der Waals surface area contributed by atoms with E-state index in [4.69, 9.17) is 4.98 Å². The van der Waals surface area contributed by atoms with Gasteiger partial charge in [-0.3, -0.25) is 19.0 Å². The van der Waals surface area contributed by atoms with Crippen molar-refractivity contribution in [2.75, 3.05) is 27.2 Å². The van der Waals surface area contributed by atoms with E-state index in [2.05, 4.69) is 31.5 Å². The van der Waals surface area contributed by atoms with Crippen molar-refractivity contribution in [2.24, 2.45) is 14.1 Å².